The van der Waals surface area contributed by atoms with Gasteiger partial charge in [0.05, 0.1) is 0 Å². The van der Waals surface area contributed by atoms with Crippen LogP contribution in [0.1, 0.15) is 19.4 Å². The van der Waals surface area contributed by atoms with E-state index in [0.29, 0.717) is 0 Å². The average molecular weight is 270 g/mol. The molecule has 0 amide bonds. The monoisotopic (exact) mass is 270 g/mol. The van der Waals surface area contributed by atoms with Gasteiger partial charge in [-0.2, -0.15) is 8.78 Å². The first-order valence-corrected chi connectivity index (χ1v) is 6.47. The summed E-state index contributed by atoms with van der Waals surface area (Å²) in [5.41, 5.74) is 1.22. The van der Waals surface area contributed by atoms with Gasteiger partial charge in [0.2, 0.25) is 0 Å². The number of halogens is 2. The minimum atomic E-state index is -2.77. The molecule has 5 heteroatoms. The van der Waals surface area contributed by atoms with Crippen molar-refractivity contribution in [1.82, 2.24) is 10.2 Å². The third-order valence-corrected chi connectivity index (χ3v) is 3.49. The molecule has 0 bridgehead atoms. The summed E-state index contributed by atoms with van der Waals surface area (Å²) in [4.78, 5) is 2.40. The van der Waals surface area contributed by atoms with E-state index in [1.54, 1.807) is 12.1 Å². The van der Waals surface area contributed by atoms with Crippen molar-refractivity contribution < 1.29 is 13.5 Å². The van der Waals surface area contributed by atoms with Crippen LogP contribution in [0.25, 0.3) is 0 Å². The zero-order valence-corrected chi connectivity index (χ0v) is 11.3. The van der Waals surface area contributed by atoms with Crippen LogP contribution >= 0.6 is 0 Å². The minimum absolute atomic E-state index is 0.108. The van der Waals surface area contributed by atoms with Crippen molar-refractivity contribution in [3.63, 3.8) is 0 Å². The first-order valence-electron chi connectivity index (χ1n) is 6.47. The summed E-state index contributed by atoms with van der Waals surface area (Å²) < 4.78 is 28.5. The van der Waals surface area contributed by atoms with Gasteiger partial charge in [-0.05, 0) is 31.5 Å². The molecule has 1 aliphatic rings. The molecule has 1 fully saturated rings. The minimum Gasteiger partial charge on any atom is -0.435 e. The molecule has 1 N–H and O–H groups in total. The molecular formula is C14H20F2N2O. The number of rotatable bonds is 4. The number of benzene rings is 1. The Morgan fingerprint density at radius 2 is 2.00 bits per heavy atom. The van der Waals surface area contributed by atoms with Gasteiger partial charge in [-0.15, -0.1) is 0 Å². The lowest BCUT2D eigenvalue weighted by Crippen LogP contribution is -2.57. The van der Waals surface area contributed by atoms with Crippen molar-refractivity contribution >= 4 is 0 Å². The van der Waals surface area contributed by atoms with Crippen LogP contribution in [-0.4, -0.2) is 36.7 Å². The van der Waals surface area contributed by atoms with Gasteiger partial charge < -0.3 is 10.1 Å². The van der Waals surface area contributed by atoms with Crippen LogP contribution in [0.2, 0.25) is 0 Å². The van der Waals surface area contributed by atoms with Gasteiger partial charge >= 0.3 is 6.61 Å². The standard InChI is InChI=1S/C14H20F2N2O/c1-14(2)10-17-7-8-18(14)9-11-3-5-12(6-4-11)19-13(15)16/h3-6,13,17H,7-10H2,1-2H3. The first-order chi connectivity index (χ1) is 8.97. The SMILES string of the molecule is CC1(C)CNCCN1Cc1ccc(OC(F)F)cc1. The molecule has 3 nitrogen and oxygen atoms in total. The molecule has 0 aromatic heterocycles. The van der Waals surface area contributed by atoms with Crippen LogP contribution < -0.4 is 10.1 Å². The number of hydrogen-bond acceptors (Lipinski definition) is 3. The second-order valence-electron chi connectivity index (χ2n) is 5.43. The highest BCUT2D eigenvalue weighted by Crippen LogP contribution is 2.21. The molecule has 0 spiro atoms. The molecule has 2 rings (SSSR count). The number of piperazine rings is 1. The Labute approximate surface area is 112 Å². The second kappa shape index (κ2) is 5.84. The van der Waals surface area contributed by atoms with E-state index in [1.807, 2.05) is 12.1 Å². The third-order valence-electron chi connectivity index (χ3n) is 3.49. The molecule has 1 saturated heterocycles. The van der Waals surface area contributed by atoms with E-state index in [-0.39, 0.29) is 11.3 Å². The van der Waals surface area contributed by atoms with Gasteiger partial charge in [-0.1, -0.05) is 12.1 Å². The fourth-order valence-corrected chi connectivity index (χ4v) is 2.31. The topological polar surface area (TPSA) is 24.5 Å². The van der Waals surface area contributed by atoms with E-state index in [9.17, 15) is 8.78 Å². The lowest BCUT2D eigenvalue weighted by atomic mass is 9.99. The highest BCUT2D eigenvalue weighted by Gasteiger charge is 2.29. The summed E-state index contributed by atoms with van der Waals surface area (Å²) in [6.45, 7) is 5.39. The van der Waals surface area contributed by atoms with Crippen LogP contribution in [0.15, 0.2) is 24.3 Å². The van der Waals surface area contributed by atoms with Crippen LogP contribution in [0.4, 0.5) is 8.78 Å². The quantitative estimate of drug-likeness (QED) is 0.909. The zero-order chi connectivity index (χ0) is 13.9. The fraction of sp³-hybridized carbons (Fsp3) is 0.571. The van der Waals surface area contributed by atoms with Crippen molar-refractivity contribution in [2.45, 2.75) is 32.5 Å². The summed E-state index contributed by atoms with van der Waals surface area (Å²) in [6, 6.07) is 6.87. The highest BCUT2D eigenvalue weighted by molar-refractivity contribution is 5.27. The normalized spacial score (nSPS) is 19.6. The molecule has 0 aliphatic carbocycles. The molecule has 1 aromatic carbocycles. The molecule has 0 radical (unpaired) electrons. The Kier molecular flexibility index (Phi) is 4.37. The van der Waals surface area contributed by atoms with E-state index in [0.717, 1.165) is 31.7 Å². The van der Waals surface area contributed by atoms with Gasteiger partial charge in [0, 0.05) is 31.7 Å². The predicted octanol–water partition coefficient (Wildman–Crippen LogP) is 2.47. The van der Waals surface area contributed by atoms with Crippen molar-refractivity contribution in [3.05, 3.63) is 29.8 Å². The van der Waals surface area contributed by atoms with Crippen molar-refractivity contribution in [2.24, 2.45) is 0 Å². The van der Waals surface area contributed by atoms with E-state index in [2.05, 4.69) is 28.8 Å². The molecule has 0 atom stereocenters. The third kappa shape index (κ3) is 3.88. The predicted molar refractivity (Wildman–Crippen MR) is 70.4 cm³/mol. The molecule has 1 aliphatic heterocycles. The van der Waals surface area contributed by atoms with Gasteiger partial charge in [-0.3, -0.25) is 4.90 Å². The van der Waals surface area contributed by atoms with Gasteiger partial charge in [0.25, 0.3) is 0 Å². The first kappa shape index (κ1) is 14.2. The maximum Gasteiger partial charge on any atom is 0.387 e. The Morgan fingerprint density at radius 3 is 2.58 bits per heavy atom. The highest BCUT2D eigenvalue weighted by atomic mass is 19.3. The molecule has 19 heavy (non-hydrogen) atoms. The Morgan fingerprint density at radius 1 is 1.32 bits per heavy atom. The van der Waals surface area contributed by atoms with Crippen LogP contribution in [0.5, 0.6) is 5.75 Å². The van der Waals surface area contributed by atoms with E-state index in [4.69, 9.17) is 0 Å². The lowest BCUT2D eigenvalue weighted by molar-refractivity contribution is -0.0498. The molecule has 0 unspecified atom stereocenters. The second-order valence-corrected chi connectivity index (χ2v) is 5.43. The smallest absolute Gasteiger partial charge is 0.387 e. The number of ether oxygens (including phenoxy) is 1. The van der Waals surface area contributed by atoms with E-state index in [1.165, 1.54) is 0 Å². The van der Waals surface area contributed by atoms with Crippen molar-refractivity contribution in [3.8, 4) is 5.75 Å². The molecule has 0 saturated carbocycles. The molecular weight excluding hydrogens is 250 g/mol. The summed E-state index contributed by atoms with van der Waals surface area (Å²) in [7, 11) is 0. The molecule has 1 aromatic rings. The summed E-state index contributed by atoms with van der Waals surface area (Å²) in [5, 5.41) is 3.38. The van der Waals surface area contributed by atoms with E-state index >= 15 is 0 Å². The van der Waals surface area contributed by atoms with Gasteiger partial charge in [-0.25, -0.2) is 0 Å². The zero-order valence-electron chi connectivity index (χ0n) is 11.3. The maximum atomic E-state index is 12.1. The van der Waals surface area contributed by atoms with E-state index < -0.39 is 6.61 Å². The van der Waals surface area contributed by atoms with Crippen LogP contribution in [-0.2, 0) is 6.54 Å². The number of hydrogen-bond donors (Lipinski definition) is 1. The van der Waals surface area contributed by atoms with Gasteiger partial charge in [0.1, 0.15) is 5.75 Å². The Hall–Kier alpha value is -1.20. The number of nitrogens with zero attached hydrogens (tertiary/aromatic N) is 1. The van der Waals surface area contributed by atoms with Crippen LogP contribution in [0, 0.1) is 0 Å². The molecule has 106 valence electrons. The van der Waals surface area contributed by atoms with Crippen LogP contribution in [0.3, 0.4) is 0 Å². The largest absolute Gasteiger partial charge is 0.435 e. The number of nitrogens with one attached hydrogen (secondary N) is 1. The molecule has 1 heterocycles. The van der Waals surface area contributed by atoms with Crippen molar-refractivity contribution in [2.75, 3.05) is 19.6 Å². The summed E-state index contributed by atoms with van der Waals surface area (Å²) in [5.74, 6) is 0.207. The lowest BCUT2D eigenvalue weighted by Gasteiger charge is -2.42. The fourth-order valence-electron chi connectivity index (χ4n) is 2.31. The van der Waals surface area contributed by atoms with Crippen molar-refractivity contribution in [1.29, 1.82) is 0 Å². The summed E-state index contributed by atoms with van der Waals surface area (Å²) >= 11 is 0. The number of alkyl halides is 2. The average Bonchev–Trinajstić information content (AvgIpc) is 2.33. The van der Waals surface area contributed by atoms with Gasteiger partial charge in [0.15, 0.2) is 0 Å². The summed E-state index contributed by atoms with van der Waals surface area (Å²) in [6.07, 6.45) is 0. The maximum absolute atomic E-state index is 12.1. The Balaban J connectivity index is 1.99. The Bertz CT molecular complexity index is 406.